The second-order valence-electron chi connectivity index (χ2n) is 22.4. The number of unbranched alkanes of at least 4 members (excludes halogenated alkanes) is 40. The van der Waals surface area contributed by atoms with Crippen molar-refractivity contribution in [1.29, 1.82) is 0 Å². The molecule has 0 saturated carbocycles. The van der Waals surface area contributed by atoms with Gasteiger partial charge in [0, 0.05) is 19.3 Å². The highest BCUT2D eigenvalue weighted by molar-refractivity contribution is 5.71. The predicted molar refractivity (Wildman–Crippen MR) is 330 cm³/mol. The molecule has 76 heavy (non-hydrogen) atoms. The summed E-state index contributed by atoms with van der Waals surface area (Å²) < 4.78 is 16.9. The zero-order valence-corrected chi connectivity index (χ0v) is 50.8. The summed E-state index contributed by atoms with van der Waals surface area (Å²) in [6.07, 6.45) is 82.3. The molecule has 0 aliphatic rings. The first-order valence-electron chi connectivity index (χ1n) is 33.3. The van der Waals surface area contributed by atoms with Crippen molar-refractivity contribution in [2.75, 3.05) is 13.2 Å². The van der Waals surface area contributed by atoms with Crippen molar-refractivity contribution in [1.82, 2.24) is 0 Å². The Hall–Kier alpha value is -2.89. The van der Waals surface area contributed by atoms with Gasteiger partial charge in [0.25, 0.3) is 0 Å². The number of hydrogen-bond donors (Lipinski definition) is 0. The Morgan fingerprint density at radius 2 is 0.474 bits per heavy atom. The van der Waals surface area contributed by atoms with Crippen LogP contribution >= 0.6 is 0 Å². The van der Waals surface area contributed by atoms with E-state index >= 15 is 0 Å². The largest absolute Gasteiger partial charge is 0.462 e. The normalized spacial score (nSPS) is 12.4. The topological polar surface area (TPSA) is 78.9 Å². The van der Waals surface area contributed by atoms with Crippen molar-refractivity contribution in [3.05, 3.63) is 60.8 Å². The number of esters is 3. The second kappa shape index (κ2) is 64.6. The minimum absolute atomic E-state index is 0.0797. The van der Waals surface area contributed by atoms with Crippen LogP contribution in [0.3, 0.4) is 0 Å². The molecule has 1 atom stereocenters. The fourth-order valence-electron chi connectivity index (χ4n) is 9.68. The maximum atomic E-state index is 12.9. The summed E-state index contributed by atoms with van der Waals surface area (Å²) in [5, 5.41) is 0. The van der Waals surface area contributed by atoms with Gasteiger partial charge in [-0.1, -0.05) is 281 Å². The van der Waals surface area contributed by atoms with Gasteiger partial charge in [-0.3, -0.25) is 14.4 Å². The van der Waals surface area contributed by atoms with Gasteiger partial charge in [0.15, 0.2) is 6.10 Å². The molecule has 0 bridgehead atoms. The Labute approximate surface area is 472 Å². The Balaban J connectivity index is 4.27. The molecule has 0 fully saturated rings. The maximum absolute atomic E-state index is 12.9. The number of rotatable bonds is 61. The summed E-state index contributed by atoms with van der Waals surface area (Å²) in [7, 11) is 0. The number of carbonyl (C=O) groups excluding carboxylic acids is 3. The van der Waals surface area contributed by atoms with Crippen molar-refractivity contribution >= 4 is 17.9 Å². The van der Waals surface area contributed by atoms with Crippen molar-refractivity contribution < 1.29 is 28.6 Å². The third-order valence-corrected chi connectivity index (χ3v) is 14.7. The second-order valence-corrected chi connectivity index (χ2v) is 22.4. The highest BCUT2D eigenvalue weighted by atomic mass is 16.6. The minimum Gasteiger partial charge on any atom is -0.462 e. The van der Waals surface area contributed by atoms with E-state index in [1.165, 1.54) is 212 Å². The molecule has 0 saturated heterocycles. The summed E-state index contributed by atoms with van der Waals surface area (Å²) in [4.78, 5) is 38.3. The third-order valence-electron chi connectivity index (χ3n) is 14.7. The van der Waals surface area contributed by atoms with Gasteiger partial charge in [0.2, 0.25) is 0 Å². The van der Waals surface area contributed by atoms with E-state index in [9.17, 15) is 14.4 Å². The fraction of sp³-hybridized carbons (Fsp3) is 0.814. The molecule has 0 aromatic rings. The third kappa shape index (κ3) is 62.0. The van der Waals surface area contributed by atoms with Crippen LogP contribution in [-0.4, -0.2) is 37.2 Å². The smallest absolute Gasteiger partial charge is 0.306 e. The Bertz CT molecular complexity index is 1360. The van der Waals surface area contributed by atoms with Crippen LogP contribution in [0.5, 0.6) is 0 Å². The zero-order chi connectivity index (χ0) is 55.0. The average molecular weight is 1060 g/mol. The van der Waals surface area contributed by atoms with Crippen LogP contribution in [0.15, 0.2) is 60.8 Å². The van der Waals surface area contributed by atoms with Crippen LogP contribution in [0.25, 0.3) is 0 Å². The molecule has 0 radical (unpaired) electrons. The van der Waals surface area contributed by atoms with E-state index in [0.717, 1.165) is 96.3 Å². The lowest BCUT2D eigenvalue weighted by molar-refractivity contribution is -0.167. The molecule has 6 heteroatoms. The average Bonchev–Trinajstić information content (AvgIpc) is 3.42. The lowest BCUT2D eigenvalue weighted by Gasteiger charge is -2.18. The molecule has 0 rings (SSSR count). The Morgan fingerprint density at radius 3 is 0.763 bits per heavy atom. The van der Waals surface area contributed by atoms with Gasteiger partial charge in [-0.05, 0) is 109 Å². The molecule has 0 aliphatic heterocycles. The highest BCUT2D eigenvalue weighted by Gasteiger charge is 2.19. The Morgan fingerprint density at radius 1 is 0.263 bits per heavy atom. The molecule has 0 aromatic carbocycles. The fourth-order valence-corrected chi connectivity index (χ4v) is 9.68. The summed E-state index contributed by atoms with van der Waals surface area (Å²) in [6, 6.07) is 0. The summed E-state index contributed by atoms with van der Waals surface area (Å²) in [6.45, 7) is 6.63. The SMILES string of the molecule is CCCCC/C=C\C/C=C\CCCCCCCC(=O)OCC(COC(=O)CCCCCCCCCCCCCCCCC/C=C\C/C=C\CCCCCCC)OC(=O)CCCCCCC/C=C\CCCCCCCCC. The Kier molecular flexibility index (Phi) is 62.2. The van der Waals surface area contributed by atoms with E-state index in [4.69, 9.17) is 14.2 Å². The molecule has 0 spiro atoms. The molecule has 0 heterocycles. The van der Waals surface area contributed by atoms with Crippen molar-refractivity contribution in [3.8, 4) is 0 Å². The number of carbonyl (C=O) groups is 3. The number of allylic oxidation sites excluding steroid dienone is 10. The monoisotopic (exact) mass is 1060 g/mol. The van der Waals surface area contributed by atoms with Crippen LogP contribution in [0.4, 0.5) is 0 Å². The van der Waals surface area contributed by atoms with E-state index in [0.29, 0.717) is 19.3 Å². The molecule has 0 aliphatic carbocycles. The minimum atomic E-state index is -0.784. The first-order valence-corrected chi connectivity index (χ1v) is 33.3. The van der Waals surface area contributed by atoms with Gasteiger partial charge < -0.3 is 14.2 Å². The summed E-state index contributed by atoms with van der Waals surface area (Å²) in [5.41, 5.74) is 0. The first-order chi connectivity index (χ1) is 37.5. The van der Waals surface area contributed by atoms with E-state index < -0.39 is 6.10 Å². The van der Waals surface area contributed by atoms with Crippen molar-refractivity contribution in [2.24, 2.45) is 0 Å². The van der Waals surface area contributed by atoms with Crippen LogP contribution in [0.1, 0.15) is 348 Å². The van der Waals surface area contributed by atoms with Crippen LogP contribution in [-0.2, 0) is 28.6 Å². The molecule has 0 amide bonds. The zero-order valence-electron chi connectivity index (χ0n) is 50.8. The molecule has 6 nitrogen and oxygen atoms in total. The van der Waals surface area contributed by atoms with Crippen molar-refractivity contribution in [3.63, 3.8) is 0 Å². The summed E-state index contributed by atoms with van der Waals surface area (Å²) in [5.74, 6) is -0.885. The van der Waals surface area contributed by atoms with Gasteiger partial charge in [-0.2, -0.15) is 0 Å². The molecular formula is C70H126O6. The van der Waals surface area contributed by atoms with E-state index in [1.807, 2.05) is 0 Å². The maximum Gasteiger partial charge on any atom is 0.306 e. The van der Waals surface area contributed by atoms with Crippen LogP contribution < -0.4 is 0 Å². The quantitative estimate of drug-likeness (QED) is 0.0261. The van der Waals surface area contributed by atoms with Crippen LogP contribution in [0.2, 0.25) is 0 Å². The first kappa shape index (κ1) is 73.1. The van der Waals surface area contributed by atoms with E-state index in [-0.39, 0.29) is 31.1 Å². The van der Waals surface area contributed by atoms with E-state index in [2.05, 4.69) is 81.5 Å². The predicted octanol–water partition coefficient (Wildman–Crippen LogP) is 22.7. The van der Waals surface area contributed by atoms with Gasteiger partial charge in [0.05, 0.1) is 0 Å². The standard InChI is InChI=1S/C70H126O6/c1-4-7-10-13-16-19-22-25-28-30-31-32-33-34-35-36-37-38-39-40-43-45-48-51-54-57-60-63-69(72)75-66-67(65-74-68(71)62-59-56-53-50-47-44-41-27-24-21-18-15-12-9-6-3)76-70(73)64-61-58-55-52-49-46-42-29-26-23-20-17-14-11-8-5-2/h18,21-22,25,27,29-31,41-42,67H,4-17,19-20,23-24,26,28,32-40,43-66H2,1-3H3/b21-18-,25-22-,31-30-,41-27-,42-29-. The highest BCUT2D eigenvalue weighted by Crippen LogP contribution is 2.17. The summed E-state index contributed by atoms with van der Waals surface area (Å²) >= 11 is 0. The molecule has 1 unspecified atom stereocenters. The molecular weight excluding hydrogens is 937 g/mol. The number of hydrogen-bond acceptors (Lipinski definition) is 6. The molecule has 0 aromatic heterocycles. The molecule has 442 valence electrons. The van der Waals surface area contributed by atoms with Gasteiger partial charge in [0.1, 0.15) is 13.2 Å². The van der Waals surface area contributed by atoms with Crippen molar-refractivity contribution in [2.45, 2.75) is 354 Å². The number of ether oxygens (including phenoxy) is 3. The lowest BCUT2D eigenvalue weighted by atomic mass is 10.0. The lowest BCUT2D eigenvalue weighted by Crippen LogP contribution is -2.30. The molecule has 0 N–H and O–H groups in total. The van der Waals surface area contributed by atoms with E-state index in [1.54, 1.807) is 0 Å². The van der Waals surface area contributed by atoms with Gasteiger partial charge >= 0.3 is 17.9 Å². The van der Waals surface area contributed by atoms with Gasteiger partial charge in [-0.15, -0.1) is 0 Å². The van der Waals surface area contributed by atoms with Gasteiger partial charge in [-0.25, -0.2) is 0 Å². The van der Waals surface area contributed by atoms with Crippen LogP contribution in [0, 0.1) is 0 Å².